The number of anilines is 1. The van der Waals surface area contributed by atoms with Crippen molar-refractivity contribution in [3.63, 3.8) is 0 Å². The minimum Gasteiger partial charge on any atom is -0.330 e. The molecule has 1 heterocycles. The molecule has 0 spiro atoms. The maximum Gasteiger partial charge on any atom is 0.228 e. The number of rotatable bonds is 4. The van der Waals surface area contributed by atoms with Crippen LogP contribution in [-0.2, 0) is 4.79 Å². The lowest BCUT2D eigenvalue weighted by Gasteiger charge is -2.12. The molecule has 0 bridgehead atoms. The molecule has 4 nitrogen and oxygen atoms in total. The number of pyridine rings is 1. The van der Waals surface area contributed by atoms with Crippen LogP contribution in [0.5, 0.6) is 0 Å². The zero-order valence-electron chi connectivity index (χ0n) is 9.16. The van der Waals surface area contributed by atoms with Crippen LogP contribution in [-0.4, -0.2) is 17.4 Å². The number of nitrogens with zero attached hydrogens (tertiary/aromatic N) is 1. The Bertz CT molecular complexity index is 334. The van der Waals surface area contributed by atoms with E-state index in [4.69, 9.17) is 5.73 Å². The maximum atomic E-state index is 11.7. The molecule has 1 aromatic rings. The van der Waals surface area contributed by atoms with Crippen molar-refractivity contribution in [1.82, 2.24) is 4.98 Å². The van der Waals surface area contributed by atoms with Gasteiger partial charge in [0.15, 0.2) is 0 Å². The number of amides is 1. The van der Waals surface area contributed by atoms with Gasteiger partial charge < -0.3 is 11.1 Å². The van der Waals surface area contributed by atoms with Crippen LogP contribution in [0.15, 0.2) is 18.3 Å². The van der Waals surface area contributed by atoms with Gasteiger partial charge in [-0.2, -0.15) is 0 Å². The van der Waals surface area contributed by atoms with Gasteiger partial charge in [0, 0.05) is 24.1 Å². The monoisotopic (exact) mass is 207 g/mol. The zero-order valence-corrected chi connectivity index (χ0v) is 9.16. The van der Waals surface area contributed by atoms with Gasteiger partial charge in [0.2, 0.25) is 5.91 Å². The van der Waals surface area contributed by atoms with Gasteiger partial charge in [0.05, 0.1) is 5.92 Å². The highest BCUT2D eigenvalue weighted by atomic mass is 16.1. The van der Waals surface area contributed by atoms with Gasteiger partial charge in [-0.1, -0.05) is 6.92 Å². The van der Waals surface area contributed by atoms with E-state index in [9.17, 15) is 4.79 Å². The number of hydrogen-bond acceptors (Lipinski definition) is 3. The van der Waals surface area contributed by atoms with E-state index >= 15 is 0 Å². The minimum atomic E-state index is -0.113. The van der Waals surface area contributed by atoms with Gasteiger partial charge in [0.25, 0.3) is 0 Å². The van der Waals surface area contributed by atoms with E-state index in [1.165, 1.54) is 0 Å². The Morgan fingerprint density at radius 2 is 2.40 bits per heavy atom. The standard InChI is InChI=1S/C11H17N3O/c1-3-9(7-12)11(15)14-10-4-5-13-8(2)6-10/h4-6,9H,3,7,12H2,1-2H3,(H,13,14,15). The van der Waals surface area contributed by atoms with Crippen LogP contribution < -0.4 is 11.1 Å². The third-order valence-electron chi connectivity index (χ3n) is 2.31. The Morgan fingerprint density at radius 1 is 1.67 bits per heavy atom. The fourth-order valence-electron chi connectivity index (χ4n) is 1.33. The Morgan fingerprint density at radius 3 is 2.93 bits per heavy atom. The number of aryl methyl sites for hydroxylation is 1. The third kappa shape index (κ3) is 3.32. The Labute approximate surface area is 89.9 Å². The second-order valence-electron chi connectivity index (χ2n) is 3.52. The van der Waals surface area contributed by atoms with Crippen molar-refractivity contribution in [3.8, 4) is 0 Å². The summed E-state index contributed by atoms with van der Waals surface area (Å²) in [6, 6.07) is 3.61. The maximum absolute atomic E-state index is 11.7. The first kappa shape index (κ1) is 11.7. The van der Waals surface area contributed by atoms with Crippen molar-refractivity contribution >= 4 is 11.6 Å². The summed E-state index contributed by atoms with van der Waals surface area (Å²) in [7, 11) is 0. The molecule has 1 unspecified atom stereocenters. The molecule has 0 aliphatic carbocycles. The number of nitrogens with two attached hydrogens (primary N) is 1. The predicted molar refractivity (Wildman–Crippen MR) is 60.4 cm³/mol. The molecule has 1 amide bonds. The van der Waals surface area contributed by atoms with Crippen molar-refractivity contribution in [2.24, 2.45) is 11.7 Å². The molecule has 0 saturated heterocycles. The summed E-state index contributed by atoms with van der Waals surface area (Å²) in [4.78, 5) is 15.7. The molecule has 1 rings (SSSR count). The third-order valence-corrected chi connectivity index (χ3v) is 2.31. The average molecular weight is 207 g/mol. The lowest BCUT2D eigenvalue weighted by molar-refractivity contribution is -0.119. The van der Waals surface area contributed by atoms with Gasteiger partial charge in [-0.05, 0) is 25.5 Å². The predicted octanol–water partition coefficient (Wildman–Crippen LogP) is 1.31. The quantitative estimate of drug-likeness (QED) is 0.782. The normalized spacial score (nSPS) is 12.2. The van der Waals surface area contributed by atoms with Crippen LogP contribution in [0.3, 0.4) is 0 Å². The Balaban J connectivity index is 2.65. The summed E-state index contributed by atoms with van der Waals surface area (Å²) in [6.07, 6.45) is 2.43. The molecule has 82 valence electrons. The van der Waals surface area contributed by atoms with Crippen molar-refractivity contribution in [2.75, 3.05) is 11.9 Å². The van der Waals surface area contributed by atoms with E-state index in [0.29, 0.717) is 6.54 Å². The number of carbonyl (C=O) groups is 1. The van der Waals surface area contributed by atoms with Crippen LogP contribution >= 0.6 is 0 Å². The van der Waals surface area contributed by atoms with Crippen LogP contribution in [0.25, 0.3) is 0 Å². The summed E-state index contributed by atoms with van der Waals surface area (Å²) in [5.74, 6) is -0.135. The molecule has 0 fully saturated rings. The highest BCUT2D eigenvalue weighted by molar-refractivity contribution is 5.92. The van der Waals surface area contributed by atoms with E-state index < -0.39 is 0 Å². The Kier molecular flexibility index (Phi) is 4.24. The van der Waals surface area contributed by atoms with Gasteiger partial charge >= 0.3 is 0 Å². The lowest BCUT2D eigenvalue weighted by atomic mass is 10.1. The second-order valence-corrected chi connectivity index (χ2v) is 3.52. The molecular weight excluding hydrogens is 190 g/mol. The van der Waals surface area contributed by atoms with Gasteiger partial charge in [-0.25, -0.2) is 0 Å². The molecule has 15 heavy (non-hydrogen) atoms. The first-order chi connectivity index (χ1) is 7.17. The first-order valence-electron chi connectivity index (χ1n) is 5.11. The number of carbonyl (C=O) groups excluding carboxylic acids is 1. The Hall–Kier alpha value is -1.42. The van der Waals surface area contributed by atoms with Crippen molar-refractivity contribution in [2.45, 2.75) is 20.3 Å². The second kappa shape index (κ2) is 5.46. The molecule has 1 aromatic heterocycles. The fourth-order valence-corrected chi connectivity index (χ4v) is 1.33. The topological polar surface area (TPSA) is 68.0 Å². The summed E-state index contributed by atoms with van der Waals surface area (Å²) in [5, 5.41) is 2.83. The fraction of sp³-hybridized carbons (Fsp3) is 0.455. The van der Waals surface area contributed by atoms with E-state index in [1.54, 1.807) is 12.3 Å². The minimum absolute atomic E-state index is 0.0226. The average Bonchev–Trinajstić information content (AvgIpc) is 2.19. The lowest BCUT2D eigenvalue weighted by Crippen LogP contribution is -2.28. The molecule has 0 aliphatic heterocycles. The smallest absolute Gasteiger partial charge is 0.228 e. The summed E-state index contributed by atoms with van der Waals surface area (Å²) in [5.41, 5.74) is 7.15. The number of hydrogen-bond donors (Lipinski definition) is 2. The molecule has 4 heteroatoms. The van der Waals surface area contributed by atoms with E-state index in [-0.39, 0.29) is 11.8 Å². The molecule has 0 aromatic carbocycles. The van der Waals surface area contributed by atoms with Gasteiger partial charge in [0.1, 0.15) is 0 Å². The molecular formula is C11H17N3O. The first-order valence-corrected chi connectivity index (χ1v) is 5.11. The summed E-state index contributed by atoms with van der Waals surface area (Å²) < 4.78 is 0. The molecule has 0 saturated carbocycles. The molecule has 0 aliphatic rings. The summed E-state index contributed by atoms with van der Waals surface area (Å²) in [6.45, 7) is 4.22. The molecule has 1 atom stereocenters. The largest absolute Gasteiger partial charge is 0.330 e. The van der Waals surface area contributed by atoms with E-state index in [1.807, 2.05) is 19.9 Å². The van der Waals surface area contributed by atoms with Gasteiger partial charge in [-0.3, -0.25) is 9.78 Å². The van der Waals surface area contributed by atoms with Gasteiger partial charge in [-0.15, -0.1) is 0 Å². The van der Waals surface area contributed by atoms with E-state index in [0.717, 1.165) is 17.8 Å². The zero-order chi connectivity index (χ0) is 11.3. The van der Waals surface area contributed by atoms with Crippen LogP contribution in [0.1, 0.15) is 19.0 Å². The molecule has 0 radical (unpaired) electrons. The van der Waals surface area contributed by atoms with E-state index in [2.05, 4.69) is 10.3 Å². The van der Waals surface area contributed by atoms with Crippen LogP contribution in [0.2, 0.25) is 0 Å². The number of nitrogens with one attached hydrogen (secondary N) is 1. The highest BCUT2D eigenvalue weighted by Gasteiger charge is 2.14. The van der Waals surface area contributed by atoms with Crippen LogP contribution in [0.4, 0.5) is 5.69 Å². The van der Waals surface area contributed by atoms with Crippen LogP contribution in [0, 0.1) is 12.8 Å². The molecule has 3 N–H and O–H groups in total. The van der Waals surface area contributed by atoms with Crippen molar-refractivity contribution in [1.29, 1.82) is 0 Å². The SMILES string of the molecule is CCC(CN)C(=O)Nc1ccnc(C)c1. The number of aromatic nitrogens is 1. The van der Waals surface area contributed by atoms with Crippen molar-refractivity contribution < 1.29 is 4.79 Å². The van der Waals surface area contributed by atoms with Crippen molar-refractivity contribution in [3.05, 3.63) is 24.0 Å². The highest BCUT2D eigenvalue weighted by Crippen LogP contribution is 2.10. The summed E-state index contributed by atoms with van der Waals surface area (Å²) >= 11 is 0.